The maximum absolute atomic E-state index is 5.84. The molecule has 3 aromatic rings. The van der Waals surface area contributed by atoms with E-state index in [1.807, 2.05) is 37.4 Å². The predicted molar refractivity (Wildman–Crippen MR) is 108 cm³/mol. The van der Waals surface area contributed by atoms with E-state index < -0.39 is 0 Å². The maximum atomic E-state index is 5.84. The van der Waals surface area contributed by atoms with Gasteiger partial charge in [0.1, 0.15) is 18.5 Å². The summed E-state index contributed by atoms with van der Waals surface area (Å²) in [6.07, 6.45) is 3.53. The van der Waals surface area contributed by atoms with Gasteiger partial charge >= 0.3 is 0 Å². The molecular formula is C19H20BrN5O2. The summed E-state index contributed by atoms with van der Waals surface area (Å²) in [4.78, 5) is 13.4. The molecule has 1 aliphatic rings. The fourth-order valence-corrected chi connectivity index (χ4v) is 3.35. The van der Waals surface area contributed by atoms with Crippen molar-refractivity contribution >= 4 is 38.3 Å². The molecule has 0 amide bonds. The van der Waals surface area contributed by atoms with E-state index in [1.54, 1.807) is 6.20 Å². The number of morpholine rings is 1. The number of fused-ring (bicyclic) bond motifs is 1. The second kappa shape index (κ2) is 8.16. The number of ether oxygens (including phenoxy) is 2. The Kier molecular flexibility index (Phi) is 5.47. The zero-order valence-electron chi connectivity index (χ0n) is 14.9. The Bertz CT molecular complexity index is 947. The van der Waals surface area contributed by atoms with Crippen molar-refractivity contribution in [1.82, 2.24) is 20.3 Å². The third-order valence-corrected chi connectivity index (χ3v) is 4.98. The van der Waals surface area contributed by atoms with E-state index in [0.717, 1.165) is 34.0 Å². The molecule has 0 bridgehead atoms. The molecule has 2 aromatic heterocycles. The van der Waals surface area contributed by atoms with Crippen LogP contribution in [0.4, 0.5) is 11.6 Å². The van der Waals surface area contributed by atoms with Crippen LogP contribution in [0.5, 0.6) is 5.88 Å². The number of halogens is 1. The molecule has 0 radical (unpaired) electrons. The first-order valence-electron chi connectivity index (χ1n) is 8.79. The van der Waals surface area contributed by atoms with E-state index in [2.05, 4.69) is 41.5 Å². The first-order valence-corrected chi connectivity index (χ1v) is 9.58. The monoisotopic (exact) mass is 429 g/mol. The van der Waals surface area contributed by atoms with Gasteiger partial charge in [0.05, 0.1) is 18.5 Å². The Labute approximate surface area is 165 Å². The summed E-state index contributed by atoms with van der Waals surface area (Å²) in [5, 5.41) is 8.62. The smallest absolute Gasteiger partial charge is 0.237 e. The molecular weight excluding hydrogens is 410 g/mol. The van der Waals surface area contributed by atoms with E-state index in [0.29, 0.717) is 30.7 Å². The van der Waals surface area contributed by atoms with Gasteiger partial charge in [-0.25, -0.2) is 4.98 Å². The third-order valence-electron chi connectivity index (χ3n) is 4.29. The lowest BCUT2D eigenvalue weighted by Crippen LogP contribution is -2.41. The van der Waals surface area contributed by atoms with Crippen molar-refractivity contribution in [3.63, 3.8) is 0 Å². The van der Waals surface area contributed by atoms with Crippen LogP contribution in [-0.2, 0) is 4.74 Å². The predicted octanol–water partition coefficient (Wildman–Crippen LogP) is 3.21. The highest BCUT2D eigenvalue weighted by atomic mass is 79.9. The SMILES string of the molecule is Cc1ncc(Nc2cc3cccc(Br)c3cn2)nc1OC[C@H]1CNCCO1. The number of aryl methyl sites for hydroxylation is 1. The highest BCUT2D eigenvalue weighted by molar-refractivity contribution is 9.10. The number of hydrogen-bond donors (Lipinski definition) is 2. The van der Waals surface area contributed by atoms with Crippen molar-refractivity contribution < 1.29 is 9.47 Å². The summed E-state index contributed by atoms with van der Waals surface area (Å²) >= 11 is 3.54. The highest BCUT2D eigenvalue weighted by Gasteiger charge is 2.15. The second-order valence-corrected chi connectivity index (χ2v) is 7.16. The molecule has 27 heavy (non-hydrogen) atoms. The van der Waals surface area contributed by atoms with Gasteiger partial charge in [-0.05, 0) is 24.4 Å². The van der Waals surface area contributed by atoms with Crippen molar-refractivity contribution in [1.29, 1.82) is 0 Å². The molecule has 1 atom stereocenters. The number of nitrogens with zero attached hydrogens (tertiary/aromatic N) is 3. The van der Waals surface area contributed by atoms with Gasteiger partial charge in [-0.15, -0.1) is 0 Å². The summed E-state index contributed by atoms with van der Waals surface area (Å²) in [6, 6.07) is 8.01. The van der Waals surface area contributed by atoms with Crippen LogP contribution in [0, 0.1) is 6.92 Å². The minimum Gasteiger partial charge on any atom is -0.474 e. The summed E-state index contributed by atoms with van der Waals surface area (Å²) in [5.41, 5.74) is 0.736. The van der Waals surface area contributed by atoms with Crippen LogP contribution in [0.3, 0.4) is 0 Å². The summed E-state index contributed by atoms with van der Waals surface area (Å²) in [7, 11) is 0. The van der Waals surface area contributed by atoms with Crippen LogP contribution in [0.25, 0.3) is 10.8 Å². The lowest BCUT2D eigenvalue weighted by atomic mass is 10.2. The minimum absolute atomic E-state index is 0.0252. The second-order valence-electron chi connectivity index (χ2n) is 6.31. The van der Waals surface area contributed by atoms with Crippen LogP contribution in [0.2, 0.25) is 0 Å². The van der Waals surface area contributed by atoms with E-state index in [-0.39, 0.29) is 6.10 Å². The zero-order chi connectivity index (χ0) is 18.6. The molecule has 0 spiro atoms. The van der Waals surface area contributed by atoms with Crippen LogP contribution in [0.15, 0.2) is 41.1 Å². The molecule has 140 valence electrons. The molecule has 1 saturated heterocycles. The zero-order valence-corrected chi connectivity index (χ0v) is 16.5. The van der Waals surface area contributed by atoms with Gasteiger partial charge in [0.15, 0.2) is 5.82 Å². The fraction of sp³-hybridized carbons (Fsp3) is 0.316. The molecule has 4 rings (SSSR count). The van der Waals surface area contributed by atoms with Crippen molar-refractivity contribution in [2.75, 3.05) is 31.6 Å². The Balaban J connectivity index is 1.49. The van der Waals surface area contributed by atoms with Gasteiger partial charge in [0.2, 0.25) is 5.88 Å². The number of nitrogens with one attached hydrogen (secondary N) is 2. The van der Waals surface area contributed by atoms with Crippen molar-refractivity contribution in [2.24, 2.45) is 0 Å². The van der Waals surface area contributed by atoms with Gasteiger partial charge in [0, 0.05) is 29.1 Å². The van der Waals surface area contributed by atoms with E-state index >= 15 is 0 Å². The van der Waals surface area contributed by atoms with Gasteiger partial charge < -0.3 is 20.1 Å². The summed E-state index contributed by atoms with van der Waals surface area (Å²) < 4.78 is 12.5. The van der Waals surface area contributed by atoms with Crippen molar-refractivity contribution in [3.8, 4) is 5.88 Å². The fourth-order valence-electron chi connectivity index (χ4n) is 2.86. The Morgan fingerprint density at radius 1 is 1.30 bits per heavy atom. The molecule has 1 fully saturated rings. The van der Waals surface area contributed by atoms with Gasteiger partial charge in [-0.3, -0.25) is 4.98 Å². The average molecular weight is 430 g/mol. The lowest BCUT2D eigenvalue weighted by Gasteiger charge is -2.23. The Morgan fingerprint density at radius 2 is 2.22 bits per heavy atom. The molecule has 0 aliphatic carbocycles. The highest BCUT2D eigenvalue weighted by Crippen LogP contribution is 2.26. The third kappa shape index (κ3) is 4.35. The van der Waals surface area contributed by atoms with Crippen molar-refractivity contribution in [2.45, 2.75) is 13.0 Å². The number of pyridine rings is 1. The number of aromatic nitrogens is 3. The molecule has 1 aliphatic heterocycles. The quantitative estimate of drug-likeness (QED) is 0.644. The lowest BCUT2D eigenvalue weighted by molar-refractivity contribution is -0.000949. The molecule has 0 saturated carbocycles. The van der Waals surface area contributed by atoms with Gasteiger partial charge in [-0.2, -0.15) is 4.98 Å². The van der Waals surface area contributed by atoms with Crippen LogP contribution < -0.4 is 15.4 Å². The molecule has 8 heteroatoms. The van der Waals surface area contributed by atoms with Crippen LogP contribution in [0.1, 0.15) is 5.69 Å². The standard InChI is InChI=1S/C19H20BrN5O2/c1-12-19(27-11-14-8-21-5-6-26-14)25-18(10-22-12)24-17-7-13-3-2-4-16(20)15(13)9-23-17/h2-4,7,9-10,14,21H,5-6,8,11H2,1H3,(H,23,24,25)/t14-/m1/s1. The van der Waals surface area contributed by atoms with E-state index in [9.17, 15) is 0 Å². The van der Waals surface area contributed by atoms with Crippen molar-refractivity contribution in [3.05, 3.63) is 46.8 Å². The first-order chi connectivity index (χ1) is 13.2. The molecule has 1 aromatic carbocycles. The summed E-state index contributed by atoms with van der Waals surface area (Å²) in [5.74, 6) is 1.78. The van der Waals surface area contributed by atoms with Gasteiger partial charge in [-0.1, -0.05) is 28.1 Å². The normalized spacial score (nSPS) is 17.0. The molecule has 7 nitrogen and oxygen atoms in total. The van der Waals surface area contributed by atoms with Gasteiger partial charge in [0.25, 0.3) is 0 Å². The minimum atomic E-state index is 0.0252. The number of anilines is 2. The number of hydrogen-bond acceptors (Lipinski definition) is 7. The Morgan fingerprint density at radius 3 is 3.07 bits per heavy atom. The topological polar surface area (TPSA) is 81.2 Å². The maximum Gasteiger partial charge on any atom is 0.237 e. The van der Waals surface area contributed by atoms with Crippen LogP contribution in [-0.4, -0.2) is 47.4 Å². The molecule has 3 heterocycles. The number of rotatable bonds is 5. The van der Waals surface area contributed by atoms with E-state index in [4.69, 9.17) is 9.47 Å². The largest absolute Gasteiger partial charge is 0.474 e. The number of benzene rings is 1. The molecule has 2 N–H and O–H groups in total. The summed E-state index contributed by atoms with van der Waals surface area (Å²) in [6.45, 7) is 4.67. The average Bonchev–Trinajstić information content (AvgIpc) is 2.69. The van der Waals surface area contributed by atoms with E-state index in [1.165, 1.54) is 0 Å². The Hall–Kier alpha value is -2.29. The first kappa shape index (κ1) is 18.1. The molecule has 0 unspecified atom stereocenters. The van der Waals surface area contributed by atoms with Crippen LogP contribution >= 0.6 is 15.9 Å².